The maximum absolute atomic E-state index is 13.0. The van der Waals surface area contributed by atoms with Crippen LogP contribution in [-0.4, -0.2) is 46.5 Å². The van der Waals surface area contributed by atoms with Crippen molar-refractivity contribution in [2.45, 2.75) is 13.0 Å². The number of amides is 1. The SMILES string of the molecule is C[C@H]1CN(c2cc(Oc3ccccc3)ncn2)CCN1C(=O)c1ccc(Cl)cc1Cl. The molecule has 30 heavy (non-hydrogen) atoms. The Balaban J connectivity index is 1.45. The van der Waals surface area contributed by atoms with Crippen LogP contribution in [0.3, 0.4) is 0 Å². The normalized spacial score (nSPS) is 16.4. The number of ether oxygens (including phenoxy) is 1. The van der Waals surface area contributed by atoms with Crippen LogP contribution in [0, 0.1) is 0 Å². The lowest BCUT2D eigenvalue weighted by atomic mass is 10.1. The second-order valence-corrected chi connectivity index (χ2v) is 7.89. The van der Waals surface area contributed by atoms with E-state index in [9.17, 15) is 4.79 Å². The average Bonchev–Trinajstić information content (AvgIpc) is 2.74. The van der Waals surface area contributed by atoms with E-state index in [0.717, 1.165) is 5.82 Å². The predicted octanol–water partition coefficient (Wildman–Crippen LogP) is 4.93. The van der Waals surface area contributed by atoms with Crippen molar-refractivity contribution in [3.63, 3.8) is 0 Å². The maximum atomic E-state index is 13.0. The highest BCUT2D eigenvalue weighted by atomic mass is 35.5. The molecule has 1 atom stereocenters. The molecule has 0 unspecified atom stereocenters. The molecule has 1 saturated heterocycles. The van der Waals surface area contributed by atoms with Gasteiger partial charge in [-0.05, 0) is 37.3 Å². The van der Waals surface area contributed by atoms with Gasteiger partial charge in [-0.3, -0.25) is 4.79 Å². The van der Waals surface area contributed by atoms with Crippen molar-refractivity contribution >= 4 is 34.9 Å². The third-order valence-electron chi connectivity index (χ3n) is 4.97. The van der Waals surface area contributed by atoms with E-state index in [2.05, 4.69) is 14.9 Å². The number of hydrogen-bond donors (Lipinski definition) is 0. The lowest BCUT2D eigenvalue weighted by molar-refractivity contribution is 0.0674. The molecule has 0 saturated carbocycles. The quantitative estimate of drug-likeness (QED) is 0.573. The average molecular weight is 443 g/mol. The molecule has 4 rings (SSSR count). The zero-order valence-electron chi connectivity index (χ0n) is 16.3. The molecule has 0 bridgehead atoms. The van der Waals surface area contributed by atoms with Crippen LogP contribution in [0.4, 0.5) is 5.82 Å². The van der Waals surface area contributed by atoms with E-state index < -0.39 is 0 Å². The smallest absolute Gasteiger partial charge is 0.255 e. The third kappa shape index (κ3) is 4.50. The minimum Gasteiger partial charge on any atom is -0.439 e. The molecule has 2 aromatic carbocycles. The summed E-state index contributed by atoms with van der Waals surface area (Å²) in [4.78, 5) is 25.5. The summed E-state index contributed by atoms with van der Waals surface area (Å²) in [6.45, 7) is 3.84. The van der Waals surface area contributed by atoms with E-state index in [4.69, 9.17) is 27.9 Å². The number of aromatic nitrogens is 2. The molecular weight excluding hydrogens is 423 g/mol. The van der Waals surface area contributed by atoms with Gasteiger partial charge < -0.3 is 14.5 Å². The van der Waals surface area contributed by atoms with E-state index in [-0.39, 0.29) is 11.9 Å². The van der Waals surface area contributed by atoms with E-state index in [1.807, 2.05) is 48.2 Å². The molecule has 0 radical (unpaired) electrons. The molecule has 2 heterocycles. The first kappa shape index (κ1) is 20.4. The summed E-state index contributed by atoms with van der Waals surface area (Å²) >= 11 is 12.2. The Hall–Kier alpha value is -2.83. The van der Waals surface area contributed by atoms with Crippen LogP contribution in [0.15, 0.2) is 60.9 Å². The van der Waals surface area contributed by atoms with Crippen LogP contribution in [0.1, 0.15) is 17.3 Å². The number of halogens is 2. The standard InChI is InChI=1S/C22H20Cl2N4O2/c1-15-13-27(9-10-28(15)22(29)18-8-7-16(23)11-19(18)24)20-12-21(26-14-25-20)30-17-5-3-2-4-6-17/h2-8,11-12,14-15H,9-10,13H2,1H3/t15-/m0/s1. The fraction of sp³-hybridized carbons (Fsp3) is 0.227. The van der Waals surface area contributed by atoms with Crippen LogP contribution in [-0.2, 0) is 0 Å². The highest BCUT2D eigenvalue weighted by Gasteiger charge is 2.30. The summed E-state index contributed by atoms with van der Waals surface area (Å²) in [5.41, 5.74) is 0.460. The number of carbonyl (C=O) groups excluding carboxylic acids is 1. The van der Waals surface area contributed by atoms with Gasteiger partial charge in [-0.2, -0.15) is 0 Å². The number of para-hydroxylation sites is 1. The molecule has 1 aromatic heterocycles. The molecule has 0 spiro atoms. The predicted molar refractivity (Wildman–Crippen MR) is 118 cm³/mol. The van der Waals surface area contributed by atoms with Crippen LogP contribution in [0.25, 0.3) is 0 Å². The lowest BCUT2D eigenvalue weighted by Gasteiger charge is -2.40. The van der Waals surface area contributed by atoms with Crippen molar-refractivity contribution in [1.29, 1.82) is 0 Å². The Kier molecular flexibility index (Phi) is 6.06. The maximum Gasteiger partial charge on any atom is 0.255 e. The molecule has 3 aromatic rings. The third-order valence-corrected chi connectivity index (χ3v) is 5.51. The Morgan fingerprint density at radius 3 is 2.60 bits per heavy atom. The minimum absolute atomic E-state index is 0.0218. The van der Waals surface area contributed by atoms with Gasteiger partial charge in [0.25, 0.3) is 5.91 Å². The van der Waals surface area contributed by atoms with Crippen molar-refractivity contribution in [1.82, 2.24) is 14.9 Å². The van der Waals surface area contributed by atoms with Gasteiger partial charge in [0.05, 0.1) is 10.6 Å². The lowest BCUT2D eigenvalue weighted by Crippen LogP contribution is -2.54. The van der Waals surface area contributed by atoms with Crippen molar-refractivity contribution in [2.75, 3.05) is 24.5 Å². The molecule has 0 aliphatic carbocycles. The molecule has 0 N–H and O–H groups in total. The number of carbonyl (C=O) groups is 1. The highest BCUT2D eigenvalue weighted by molar-refractivity contribution is 6.36. The number of piperazine rings is 1. The van der Waals surface area contributed by atoms with Gasteiger partial charge in [-0.25, -0.2) is 9.97 Å². The van der Waals surface area contributed by atoms with Gasteiger partial charge in [-0.1, -0.05) is 41.4 Å². The van der Waals surface area contributed by atoms with E-state index in [1.54, 1.807) is 18.2 Å². The monoisotopic (exact) mass is 442 g/mol. The van der Waals surface area contributed by atoms with E-state index in [0.29, 0.717) is 46.9 Å². The number of anilines is 1. The first-order valence-corrected chi connectivity index (χ1v) is 10.3. The van der Waals surface area contributed by atoms with Gasteiger partial charge in [0.15, 0.2) is 0 Å². The molecular formula is C22H20Cl2N4O2. The summed E-state index contributed by atoms with van der Waals surface area (Å²) in [7, 11) is 0. The molecule has 154 valence electrons. The fourth-order valence-electron chi connectivity index (χ4n) is 3.45. The number of benzene rings is 2. The topological polar surface area (TPSA) is 58.6 Å². The zero-order valence-corrected chi connectivity index (χ0v) is 17.8. The molecule has 6 nitrogen and oxygen atoms in total. The van der Waals surface area contributed by atoms with Crippen LogP contribution in [0.2, 0.25) is 10.0 Å². The van der Waals surface area contributed by atoms with Crippen molar-refractivity contribution in [3.8, 4) is 11.6 Å². The molecule has 1 aliphatic heterocycles. The van der Waals surface area contributed by atoms with Crippen molar-refractivity contribution in [2.24, 2.45) is 0 Å². The van der Waals surface area contributed by atoms with Gasteiger partial charge in [0.2, 0.25) is 5.88 Å². The zero-order chi connectivity index (χ0) is 21.1. The number of rotatable bonds is 4. The summed E-state index contributed by atoms with van der Waals surface area (Å²) < 4.78 is 5.81. The summed E-state index contributed by atoms with van der Waals surface area (Å²) in [6.07, 6.45) is 1.49. The van der Waals surface area contributed by atoms with Gasteiger partial charge in [-0.15, -0.1) is 0 Å². The minimum atomic E-state index is -0.0976. The first-order chi connectivity index (χ1) is 14.5. The summed E-state index contributed by atoms with van der Waals surface area (Å²) in [5.74, 6) is 1.86. The molecule has 1 amide bonds. The van der Waals surface area contributed by atoms with Crippen LogP contribution < -0.4 is 9.64 Å². The summed E-state index contributed by atoms with van der Waals surface area (Å²) in [5, 5.41) is 0.868. The molecule has 8 heteroatoms. The Morgan fingerprint density at radius 2 is 1.87 bits per heavy atom. The number of hydrogen-bond acceptors (Lipinski definition) is 5. The number of nitrogens with zero attached hydrogens (tertiary/aromatic N) is 4. The highest BCUT2D eigenvalue weighted by Crippen LogP contribution is 2.26. The Morgan fingerprint density at radius 1 is 1.07 bits per heavy atom. The van der Waals surface area contributed by atoms with Gasteiger partial charge in [0.1, 0.15) is 17.9 Å². The fourth-order valence-corrected chi connectivity index (χ4v) is 3.94. The van der Waals surface area contributed by atoms with Crippen molar-refractivity contribution in [3.05, 3.63) is 76.5 Å². The second kappa shape index (κ2) is 8.90. The van der Waals surface area contributed by atoms with E-state index >= 15 is 0 Å². The van der Waals surface area contributed by atoms with Crippen LogP contribution in [0.5, 0.6) is 11.6 Å². The molecule has 1 fully saturated rings. The van der Waals surface area contributed by atoms with Crippen molar-refractivity contribution < 1.29 is 9.53 Å². The second-order valence-electron chi connectivity index (χ2n) is 7.05. The van der Waals surface area contributed by atoms with Gasteiger partial charge >= 0.3 is 0 Å². The largest absolute Gasteiger partial charge is 0.439 e. The molecule has 1 aliphatic rings. The Labute approximate surface area is 185 Å². The van der Waals surface area contributed by atoms with Crippen LogP contribution >= 0.6 is 23.2 Å². The van der Waals surface area contributed by atoms with E-state index in [1.165, 1.54) is 6.33 Å². The van der Waals surface area contributed by atoms with Gasteiger partial charge in [0, 0.05) is 36.8 Å². The summed E-state index contributed by atoms with van der Waals surface area (Å²) in [6, 6.07) is 16.2. The Bertz CT molecular complexity index is 1050. The first-order valence-electron chi connectivity index (χ1n) is 9.57.